The van der Waals surface area contributed by atoms with Crippen LogP contribution in [0.5, 0.6) is 0 Å². The molecular formula is C23H17ClN4O2S2. The molecule has 2 aromatic carbocycles. The van der Waals surface area contributed by atoms with Gasteiger partial charge in [-0.25, -0.2) is 5.01 Å². The van der Waals surface area contributed by atoms with Crippen LogP contribution in [0.1, 0.15) is 23.6 Å². The Morgan fingerprint density at radius 1 is 1.09 bits per heavy atom. The highest BCUT2D eigenvalue weighted by atomic mass is 35.5. The number of hydrogen-bond acceptors (Lipinski definition) is 7. The van der Waals surface area contributed by atoms with Crippen molar-refractivity contribution in [1.82, 2.24) is 15.2 Å². The van der Waals surface area contributed by atoms with Gasteiger partial charge < -0.3 is 4.42 Å². The Kier molecular flexibility index (Phi) is 6.07. The zero-order valence-corrected chi connectivity index (χ0v) is 19.1. The van der Waals surface area contributed by atoms with Crippen molar-refractivity contribution in [3.63, 3.8) is 0 Å². The maximum Gasteiger partial charge on any atom is 0.277 e. The van der Waals surface area contributed by atoms with Crippen LogP contribution in [-0.4, -0.2) is 32.6 Å². The largest absolute Gasteiger partial charge is 0.410 e. The summed E-state index contributed by atoms with van der Waals surface area (Å²) in [4.78, 5) is 14.1. The zero-order chi connectivity index (χ0) is 21.9. The SMILES string of the molecule is O=C(CSc1nnc(-c2cccs2)o1)N1N=C(c2ccccc2)CC1c1ccc(Cl)cc1. The van der Waals surface area contributed by atoms with E-state index in [4.69, 9.17) is 16.0 Å². The van der Waals surface area contributed by atoms with E-state index in [0.29, 0.717) is 22.6 Å². The molecule has 1 aliphatic rings. The molecule has 0 N–H and O–H groups in total. The molecule has 3 heterocycles. The van der Waals surface area contributed by atoms with E-state index >= 15 is 0 Å². The maximum atomic E-state index is 13.2. The number of thioether (sulfide) groups is 1. The summed E-state index contributed by atoms with van der Waals surface area (Å²) in [6.45, 7) is 0. The van der Waals surface area contributed by atoms with Crippen LogP contribution in [0.15, 0.2) is 86.9 Å². The van der Waals surface area contributed by atoms with E-state index in [0.717, 1.165) is 21.7 Å². The number of benzene rings is 2. The average molecular weight is 481 g/mol. The molecule has 9 heteroatoms. The lowest BCUT2D eigenvalue weighted by molar-refractivity contribution is -0.130. The van der Waals surface area contributed by atoms with Crippen LogP contribution in [0.25, 0.3) is 10.8 Å². The molecule has 0 spiro atoms. The number of rotatable bonds is 6. The van der Waals surface area contributed by atoms with Crippen molar-refractivity contribution >= 4 is 46.3 Å². The standard InChI is InChI=1S/C23H17ClN4O2S2/c24-17-10-8-16(9-11-17)19-13-18(15-5-2-1-3-6-15)27-28(19)21(29)14-32-23-26-25-22(30-23)20-7-4-12-31-20/h1-12,19H,13-14H2. The molecule has 0 aliphatic carbocycles. The van der Waals surface area contributed by atoms with Crippen LogP contribution < -0.4 is 0 Å². The molecule has 1 aliphatic heterocycles. The second-order valence-electron chi connectivity index (χ2n) is 7.06. The van der Waals surface area contributed by atoms with Gasteiger partial charge >= 0.3 is 0 Å². The summed E-state index contributed by atoms with van der Waals surface area (Å²) >= 11 is 8.80. The summed E-state index contributed by atoms with van der Waals surface area (Å²) in [5.41, 5.74) is 2.87. The molecule has 0 fully saturated rings. The minimum absolute atomic E-state index is 0.128. The molecule has 0 bridgehead atoms. The molecule has 0 saturated heterocycles. The highest BCUT2D eigenvalue weighted by Crippen LogP contribution is 2.34. The molecule has 2 aromatic heterocycles. The smallest absolute Gasteiger partial charge is 0.277 e. The number of nitrogens with zero attached hydrogens (tertiary/aromatic N) is 4. The summed E-state index contributed by atoms with van der Waals surface area (Å²) in [6.07, 6.45) is 0.630. The lowest BCUT2D eigenvalue weighted by Crippen LogP contribution is -2.28. The van der Waals surface area contributed by atoms with Crippen molar-refractivity contribution in [2.75, 3.05) is 5.75 Å². The van der Waals surface area contributed by atoms with E-state index in [1.54, 1.807) is 5.01 Å². The van der Waals surface area contributed by atoms with E-state index in [-0.39, 0.29) is 17.7 Å². The number of carbonyl (C=O) groups is 1. The van der Waals surface area contributed by atoms with Gasteiger partial charge in [0.2, 0.25) is 0 Å². The van der Waals surface area contributed by atoms with E-state index in [2.05, 4.69) is 15.3 Å². The number of halogens is 1. The van der Waals surface area contributed by atoms with Crippen molar-refractivity contribution in [2.45, 2.75) is 17.7 Å². The number of aromatic nitrogens is 2. The van der Waals surface area contributed by atoms with Gasteiger partial charge in [0.25, 0.3) is 17.0 Å². The first-order chi connectivity index (χ1) is 15.7. The van der Waals surface area contributed by atoms with Crippen molar-refractivity contribution in [2.24, 2.45) is 5.10 Å². The fraction of sp³-hybridized carbons (Fsp3) is 0.130. The van der Waals surface area contributed by atoms with Gasteiger partial charge in [0.05, 0.1) is 22.4 Å². The van der Waals surface area contributed by atoms with Gasteiger partial charge in [-0.15, -0.1) is 21.5 Å². The topological polar surface area (TPSA) is 71.6 Å². The highest BCUT2D eigenvalue weighted by molar-refractivity contribution is 7.99. The van der Waals surface area contributed by atoms with E-state index in [9.17, 15) is 4.79 Å². The fourth-order valence-electron chi connectivity index (χ4n) is 3.45. The van der Waals surface area contributed by atoms with Gasteiger partial charge in [0.15, 0.2) is 0 Å². The molecule has 1 atom stereocenters. The Morgan fingerprint density at radius 3 is 2.66 bits per heavy atom. The van der Waals surface area contributed by atoms with E-state index < -0.39 is 0 Å². The van der Waals surface area contributed by atoms with Crippen molar-refractivity contribution in [3.8, 4) is 10.8 Å². The third kappa shape index (κ3) is 4.48. The Bertz CT molecular complexity index is 1240. The van der Waals surface area contributed by atoms with Crippen molar-refractivity contribution in [3.05, 3.63) is 88.3 Å². The Balaban J connectivity index is 1.34. The Labute approximate surface area is 197 Å². The number of carbonyl (C=O) groups excluding carboxylic acids is 1. The number of hydrogen-bond donors (Lipinski definition) is 0. The maximum absolute atomic E-state index is 13.2. The van der Waals surface area contributed by atoms with Crippen LogP contribution in [0, 0.1) is 0 Å². The molecular weight excluding hydrogens is 464 g/mol. The molecule has 5 rings (SSSR count). The van der Waals surface area contributed by atoms with Crippen LogP contribution in [0.2, 0.25) is 5.02 Å². The van der Waals surface area contributed by atoms with Crippen molar-refractivity contribution < 1.29 is 9.21 Å². The van der Waals surface area contributed by atoms with Gasteiger partial charge in [-0.05, 0) is 34.7 Å². The monoisotopic (exact) mass is 480 g/mol. The molecule has 32 heavy (non-hydrogen) atoms. The van der Waals surface area contributed by atoms with Gasteiger partial charge in [-0.3, -0.25) is 4.79 Å². The van der Waals surface area contributed by atoms with Gasteiger partial charge in [-0.1, -0.05) is 71.9 Å². The summed E-state index contributed by atoms with van der Waals surface area (Å²) in [5.74, 6) is 0.471. The third-order valence-electron chi connectivity index (χ3n) is 4.99. The molecule has 0 saturated carbocycles. The Hall–Kier alpha value is -2.94. The van der Waals surface area contributed by atoms with Crippen LogP contribution in [0.3, 0.4) is 0 Å². The van der Waals surface area contributed by atoms with Crippen LogP contribution in [-0.2, 0) is 4.79 Å². The normalized spacial score (nSPS) is 15.7. The van der Waals surface area contributed by atoms with E-state index in [1.165, 1.54) is 23.1 Å². The Morgan fingerprint density at radius 2 is 1.91 bits per heavy atom. The quantitative estimate of drug-likeness (QED) is 0.320. The van der Waals surface area contributed by atoms with Gasteiger partial charge in [0.1, 0.15) is 0 Å². The first-order valence-corrected chi connectivity index (χ1v) is 12.1. The van der Waals surface area contributed by atoms with Gasteiger partial charge in [-0.2, -0.15) is 5.10 Å². The molecule has 4 aromatic rings. The second-order valence-corrected chi connectivity index (χ2v) is 9.37. The highest BCUT2D eigenvalue weighted by Gasteiger charge is 2.33. The fourth-order valence-corrected chi connectivity index (χ4v) is 4.83. The van der Waals surface area contributed by atoms with Crippen molar-refractivity contribution in [1.29, 1.82) is 0 Å². The predicted octanol–water partition coefficient (Wildman–Crippen LogP) is 5.92. The zero-order valence-electron chi connectivity index (χ0n) is 16.7. The van der Waals surface area contributed by atoms with Crippen LogP contribution in [0.4, 0.5) is 0 Å². The minimum Gasteiger partial charge on any atom is -0.410 e. The number of thiophene rings is 1. The molecule has 0 radical (unpaired) electrons. The first kappa shape index (κ1) is 20.9. The first-order valence-electron chi connectivity index (χ1n) is 9.88. The van der Waals surface area contributed by atoms with Gasteiger partial charge in [0, 0.05) is 11.4 Å². The number of hydrazone groups is 1. The lowest BCUT2D eigenvalue weighted by Gasteiger charge is -2.21. The molecule has 6 nitrogen and oxygen atoms in total. The predicted molar refractivity (Wildman–Crippen MR) is 127 cm³/mol. The summed E-state index contributed by atoms with van der Waals surface area (Å²) in [6, 6.07) is 21.1. The average Bonchev–Trinajstić information content (AvgIpc) is 3.59. The van der Waals surface area contributed by atoms with E-state index in [1.807, 2.05) is 72.1 Å². The lowest BCUT2D eigenvalue weighted by atomic mass is 9.98. The number of amides is 1. The summed E-state index contributed by atoms with van der Waals surface area (Å²) in [7, 11) is 0. The second kappa shape index (κ2) is 9.28. The summed E-state index contributed by atoms with van der Waals surface area (Å²) in [5, 5.41) is 17.3. The minimum atomic E-state index is -0.195. The molecule has 1 amide bonds. The third-order valence-corrected chi connectivity index (χ3v) is 6.90. The molecule has 160 valence electrons. The molecule has 1 unspecified atom stereocenters. The van der Waals surface area contributed by atoms with Crippen LogP contribution >= 0.6 is 34.7 Å². The summed E-state index contributed by atoms with van der Waals surface area (Å²) < 4.78 is 5.69.